The summed E-state index contributed by atoms with van der Waals surface area (Å²) in [6.07, 6.45) is 2.77. The third-order valence-electron chi connectivity index (χ3n) is 3.54. The molecule has 9 heteroatoms. The first kappa shape index (κ1) is 18.5. The lowest BCUT2D eigenvalue weighted by atomic mass is 10.2. The molecular weight excluding hydrogens is 366 g/mol. The molecular formula is C19H13N3O6. The Balaban J connectivity index is 1.61. The number of esters is 1. The maximum Gasteiger partial charge on any atom is 0.350 e. The van der Waals surface area contributed by atoms with Gasteiger partial charge in [0.15, 0.2) is 5.76 Å². The van der Waals surface area contributed by atoms with Gasteiger partial charge in [0, 0.05) is 6.07 Å². The van der Waals surface area contributed by atoms with Gasteiger partial charge in [-0.25, -0.2) is 10.2 Å². The number of carbonyl (C=O) groups excluding carboxylic acids is 2. The van der Waals surface area contributed by atoms with Crippen LogP contribution in [0.2, 0.25) is 0 Å². The van der Waals surface area contributed by atoms with Gasteiger partial charge >= 0.3 is 11.9 Å². The number of amides is 1. The van der Waals surface area contributed by atoms with Crippen LogP contribution in [0.4, 0.5) is 5.69 Å². The molecule has 1 aromatic heterocycles. The van der Waals surface area contributed by atoms with E-state index in [1.807, 2.05) is 0 Å². The molecule has 1 amide bonds. The molecule has 0 radical (unpaired) electrons. The van der Waals surface area contributed by atoms with Gasteiger partial charge < -0.3 is 9.15 Å². The Hall–Kier alpha value is -4.27. The molecule has 0 unspecified atom stereocenters. The second-order valence-electron chi connectivity index (χ2n) is 5.41. The normalized spacial score (nSPS) is 10.6. The second kappa shape index (κ2) is 8.41. The fourth-order valence-electron chi connectivity index (χ4n) is 2.22. The smallest absolute Gasteiger partial charge is 0.350 e. The van der Waals surface area contributed by atoms with Crippen molar-refractivity contribution in [2.75, 3.05) is 0 Å². The van der Waals surface area contributed by atoms with Gasteiger partial charge in [-0.15, -0.1) is 0 Å². The van der Waals surface area contributed by atoms with E-state index in [0.717, 1.165) is 0 Å². The van der Waals surface area contributed by atoms with Crippen LogP contribution in [0.3, 0.4) is 0 Å². The average molecular weight is 379 g/mol. The van der Waals surface area contributed by atoms with E-state index in [4.69, 9.17) is 9.15 Å². The summed E-state index contributed by atoms with van der Waals surface area (Å²) in [5, 5.41) is 14.8. The molecule has 0 saturated carbocycles. The number of carbonyl (C=O) groups is 2. The van der Waals surface area contributed by atoms with Gasteiger partial charge in [0.2, 0.25) is 0 Å². The van der Waals surface area contributed by atoms with Crippen molar-refractivity contribution in [1.82, 2.24) is 5.43 Å². The highest BCUT2D eigenvalue weighted by atomic mass is 16.6. The minimum atomic E-state index is -0.834. The summed E-state index contributed by atoms with van der Waals surface area (Å²) in [7, 11) is 0. The standard InChI is InChI=1S/C19H13N3O6/c23-18(17-6-3-11-27-17)21-20-12-13-7-9-14(10-8-13)28-19(24)15-4-1-2-5-16(15)22(25)26/h1-12H,(H,21,23)/b20-12-. The first-order valence-corrected chi connectivity index (χ1v) is 7.97. The number of nitro benzene ring substituents is 1. The quantitative estimate of drug-likeness (QED) is 0.231. The van der Waals surface area contributed by atoms with Gasteiger partial charge in [0.25, 0.3) is 5.69 Å². The molecule has 0 bridgehead atoms. The number of hydrogen-bond acceptors (Lipinski definition) is 7. The molecule has 0 saturated heterocycles. The van der Waals surface area contributed by atoms with E-state index in [1.165, 1.54) is 54.9 Å². The zero-order chi connectivity index (χ0) is 19.9. The van der Waals surface area contributed by atoms with Crippen LogP contribution in [0.5, 0.6) is 5.75 Å². The summed E-state index contributed by atoms with van der Waals surface area (Å²) < 4.78 is 10.1. The molecule has 0 aliphatic carbocycles. The number of nitrogens with zero attached hydrogens (tertiary/aromatic N) is 2. The van der Waals surface area contributed by atoms with E-state index in [2.05, 4.69) is 10.5 Å². The number of rotatable bonds is 6. The number of benzene rings is 2. The Morgan fingerprint density at radius 1 is 1.07 bits per heavy atom. The molecule has 140 valence electrons. The summed E-state index contributed by atoms with van der Waals surface area (Å²) in [5.41, 5.74) is 2.47. The van der Waals surface area contributed by atoms with Crippen LogP contribution in [0.1, 0.15) is 26.5 Å². The molecule has 2 aromatic carbocycles. The van der Waals surface area contributed by atoms with Crippen molar-refractivity contribution in [3.8, 4) is 5.75 Å². The highest BCUT2D eigenvalue weighted by Crippen LogP contribution is 2.20. The van der Waals surface area contributed by atoms with Crippen molar-refractivity contribution in [1.29, 1.82) is 0 Å². The van der Waals surface area contributed by atoms with Gasteiger partial charge in [-0.3, -0.25) is 14.9 Å². The van der Waals surface area contributed by atoms with Crippen LogP contribution in [0.25, 0.3) is 0 Å². The summed E-state index contributed by atoms with van der Waals surface area (Å²) >= 11 is 0. The van der Waals surface area contributed by atoms with Crippen LogP contribution >= 0.6 is 0 Å². The zero-order valence-electron chi connectivity index (χ0n) is 14.3. The molecule has 9 nitrogen and oxygen atoms in total. The zero-order valence-corrected chi connectivity index (χ0v) is 14.3. The molecule has 3 aromatic rings. The molecule has 28 heavy (non-hydrogen) atoms. The van der Waals surface area contributed by atoms with Gasteiger partial charge in [-0.1, -0.05) is 12.1 Å². The van der Waals surface area contributed by atoms with Crippen molar-refractivity contribution in [3.05, 3.63) is 93.9 Å². The molecule has 0 fully saturated rings. The van der Waals surface area contributed by atoms with Crippen molar-refractivity contribution in [3.63, 3.8) is 0 Å². The maximum absolute atomic E-state index is 12.2. The molecule has 1 heterocycles. The van der Waals surface area contributed by atoms with Crippen LogP contribution < -0.4 is 10.2 Å². The highest BCUT2D eigenvalue weighted by molar-refractivity contribution is 5.95. The van der Waals surface area contributed by atoms with Gasteiger partial charge in [0.05, 0.1) is 17.4 Å². The second-order valence-corrected chi connectivity index (χ2v) is 5.41. The fraction of sp³-hybridized carbons (Fsp3) is 0. The summed E-state index contributed by atoms with van der Waals surface area (Å²) in [6, 6.07) is 14.8. The SMILES string of the molecule is O=C(N/N=C\c1ccc(OC(=O)c2ccccc2[N+](=O)[O-])cc1)c1ccco1. The summed E-state index contributed by atoms with van der Waals surface area (Å²) in [5.74, 6) is -0.981. The first-order chi connectivity index (χ1) is 13.5. The number of furan rings is 1. The number of ether oxygens (including phenoxy) is 1. The van der Waals surface area contributed by atoms with Crippen LogP contribution in [0.15, 0.2) is 76.4 Å². The molecule has 0 aliphatic rings. The third kappa shape index (κ3) is 4.47. The number of para-hydroxylation sites is 1. The monoisotopic (exact) mass is 379 g/mol. The molecule has 3 rings (SSSR count). The number of hydrogen-bond donors (Lipinski definition) is 1. The summed E-state index contributed by atoms with van der Waals surface area (Å²) in [6.45, 7) is 0. The minimum absolute atomic E-state index is 0.134. The van der Waals surface area contributed by atoms with Crippen molar-refractivity contribution in [2.24, 2.45) is 5.10 Å². The maximum atomic E-state index is 12.2. The van der Waals surface area contributed by atoms with Crippen molar-refractivity contribution >= 4 is 23.8 Å². The van der Waals surface area contributed by atoms with Crippen LogP contribution in [-0.4, -0.2) is 23.0 Å². The molecule has 0 spiro atoms. The molecule has 0 atom stereocenters. The van der Waals surface area contributed by atoms with Crippen LogP contribution in [0, 0.1) is 10.1 Å². The fourth-order valence-corrected chi connectivity index (χ4v) is 2.22. The summed E-state index contributed by atoms with van der Waals surface area (Å²) in [4.78, 5) is 34.2. The lowest BCUT2D eigenvalue weighted by Gasteiger charge is -2.05. The topological polar surface area (TPSA) is 124 Å². The predicted molar refractivity (Wildman–Crippen MR) is 98.3 cm³/mol. The predicted octanol–water partition coefficient (Wildman–Crippen LogP) is 3.17. The Kier molecular flexibility index (Phi) is 5.56. The van der Waals surface area contributed by atoms with Crippen molar-refractivity contribution in [2.45, 2.75) is 0 Å². The van der Waals surface area contributed by atoms with Gasteiger partial charge in [-0.05, 0) is 48.0 Å². The van der Waals surface area contributed by atoms with E-state index in [1.54, 1.807) is 18.2 Å². The van der Waals surface area contributed by atoms with E-state index < -0.39 is 16.8 Å². The van der Waals surface area contributed by atoms with E-state index in [-0.39, 0.29) is 22.8 Å². The first-order valence-electron chi connectivity index (χ1n) is 7.97. The van der Waals surface area contributed by atoms with Crippen molar-refractivity contribution < 1.29 is 23.7 Å². The Morgan fingerprint density at radius 2 is 1.82 bits per heavy atom. The lowest BCUT2D eigenvalue weighted by molar-refractivity contribution is -0.385. The largest absolute Gasteiger partial charge is 0.459 e. The lowest BCUT2D eigenvalue weighted by Crippen LogP contribution is -2.16. The Labute approximate surface area is 158 Å². The molecule has 0 aliphatic heterocycles. The third-order valence-corrected chi connectivity index (χ3v) is 3.54. The highest BCUT2D eigenvalue weighted by Gasteiger charge is 2.20. The van der Waals surface area contributed by atoms with E-state index >= 15 is 0 Å². The Morgan fingerprint density at radius 3 is 2.50 bits per heavy atom. The van der Waals surface area contributed by atoms with Gasteiger partial charge in [-0.2, -0.15) is 5.10 Å². The number of hydrazone groups is 1. The minimum Gasteiger partial charge on any atom is -0.459 e. The average Bonchev–Trinajstić information content (AvgIpc) is 3.24. The van der Waals surface area contributed by atoms with E-state index in [9.17, 15) is 19.7 Å². The van der Waals surface area contributed by atoms with Crippen LogP contribution in [-0.2, 0) is 0 Å². The van der Waals surface area contributed by atoms with E-state index in [0.29, 0.717) is 5.56 Å². The molecule has 1 N–H and O–H groups in total. The Bertz CT molecular complexity index is 1030. The van der Waals surface area contributed by atoms with Gasteiger partial charge in [0.1, 0.15) is 11.3 Å². The number of nitrogens with one attached hydrogen (secondary N) is 1. The number of nitro groups is 1.